The molecule has 98 valence electrons. The average Bonchev–Trinajstić information content (AvgIpc) is 2.86. The lowest BCUT2D eigenvalue weighted by atomic mass is 10.3. The van der Waals surface area contributed by atoms with Crippen LogP contribution in [0, 0.1) is 0 Å². The maximum Gasteiger partial charge on any atom is 0.219 e. The lowest BCUT2D eigenvalue weighted by Gasteiger charge is -1.87. The van der Waals surface area contributed by atoms with Crippen molar-refractivity contribution in [2.24, 2.45) is 0 Å². The van der Waals surface area contributed by atoms with E-state index in [-0.39, 0.29) is 0 Å². The molecule has 0 fully saturated rings. The predicted octanol–water partition coefficient (Wildman–Crippen LogP) is 4.71. The van der Waals surface area contributed by atoms with Gasteiger partial charge in [-0.3, -0.25) is 4.98 Å². The van der Waals surface area contributed by atoms with Gasteiger partial charge in [-0.15, -0.1) is 0 Å². The van der Waals surface area contributed by atoms with E-state index in [1.165, 1.54) is 0 Å². The standard InChI is InChI=1S/C16H11BrN2O/c17-12-8-9-15-14(11-12)19-16(20-15)7-2-1-5-13-6-3-4-10-18-13/h1-11H/b5-1+,7-2+. The van der Waals surface area contributed by atoms with Gasteiger partial charge in [-0.2, -0.15) is 0 Å². The molecule has 0 bridgehead atoms. The number of aromatic nitrogens is 2. The van der Waals surface area contributed by atoms with E-state index in [0.29, 0.717) is 5.89 Å². The summed E-state index contributed by atoms with van der Waals surface area (Å²) in [6, 6.07) is 11.6. The lowest BCUT2D eigenvalue weighted by Crippen LogP contribution is -1.75. The zero-order valence-electron chi connectivity index (χ0n) is 10.5. The van der Waals surface area contributed by atoms with E-state index in [9.17, 15) is 0 Å². The maximum absolute atomic E-state index is 5.61. The van der Waals surface area contributed by atoms with Gasteiger partial charge in [-0.25, -0.2) is 4.98 Å². The van der Waals surface area contributed by atoms with Crippen LogP contribution >= 0.6 is 15.9 Å². The number of nitrogens with zero attached hydrogens (tertiary/aromatic N) is 2. The number of hydrogen-bond acceptors (Lipinski definition) is 3. The Balaban J connectivity index is 1.76. The van der Waals surface area contributed by atoms with Gasteiger partial charge in [0.25, 0.3) is 0 Å². The SMILES string of the molecule is Brc1ccc2oc(/C=C/C=C/c3ccccn3)nc2c1. The van der Waals surface area contributed by atoms with Crippen LogP contribution in [0.4, 0.5) is 0 Å². The van der Waals surface area contributed by atoms with Gasteiger partial charge in [0.1, 0.15) is 5.52 Å². The molecule has 0 aliphatic carbocycles. The molecule has 0 amide bonds. The minimum atomic E-state index is 0.587. The third-order valence-corrected chi connectivity index (χ3v) is 3.16. The zero-order chi connectivity index (χ0) is 13.8. The molecule has 3 nitrogen and oxygen atoms in total. The lowest BCUT2D eigenvalue weighted by molar-refractivity contribution is 0.589. The molecule has 3 rings (SSSR count). The van der Waals surface area contributed by atoms with Crippen molar-refractivity contribution in [3.8, 4) is 0 Å². The Hall–Kier alpha value is -2.20. The van der Waals surface area contributed by atoms with E-state index in [1.807, 2.05) is 60.7 Å². The Morgan fingerprint density at radius 1 is 1.05 bits per heavy atom. The first-order valence-corrected chi connectivity index (χ1v) is 6.92. The average molecular weight is 327 g/mol. The molecule has 20 heavy (non-hydrogen) atoms. The quantitative estimate of drug-likeness (QED) is 0.654. The highest BCUT2D eigenvalue weighted by molar-refractivity contribution is 9.10. The molecule has 0 radical (unpaired) electrons. The van der Waals surface area contributed by atoms with E-state index < -0.39 is 0 Å². The second-order valence-electron chi connectivity index (χ2n) is 4.14. The maximum atomic E-state index is 5.61. The Kier molecular flexibility index (Phi) is 3.74. The fourth-order valence-electron chi connectivity index (χ4n) is 1.76. The van der Waals surface area contributed by atoms with E-state index in [1.54, 1.807) is 6.20 Å². The van der Waals surface area contributed by atoms with Gasteiger partial charge >= 0.3 is 0 Å². The summed E-state index contributed by atoms with van der Waals surface area (Å²) >= 11 is 3.41. The van der Waals surface area contributed by atoms with Crippen LogP contribution < -0.4 is 0 Å². The molecule has 0 atom stereocenters. The molecule has 0 unspecified atom stereocenters. The molecule has 1 aromatic carbocycles. The Morgan fingerprint density at radius 3 is 2.80 bits per heavy atom. The van der Waals surface area contributed by atoms with Gasteiger partial charge in [0, 0.05) is 16.7 Å². The van der Waals surface area contributed by atoms with Crippen LogP contribution in [-0.2, 0) is 0 Å². The second kappa shape index (κ2) is 5.84. The van der Waals surface area contributed by atoms with Crippen LogP contribution in [0.3, 0.4) is 0 Å². The number of fused-ring (bicyclic) bond motifs is 1. The normalized spacial score (nSPS) is 11.8. The highest BCUT2D eigenvalue weighted by Crippen LogP contribution is 2.20. The van der Waals surface area contributed by atoms with E-state index in [2.05, 4.69) is 25.9 Å². The first-order valence-electron chi connectivity index (χ1n) is 6.13. The molecule has 0 N–H and O–H groups in total. The number of benzene rings is 1. The number of hydrogen-bond donors (Lipinski definition) is 0. The number of halogens is 1. The highest BCUT2D eigenvalue weighted by atomic mass is 79.9. The van der Waals surface area contributed by atoms with Gasteiger partial charge in [-0.05, 0) is 36.4 Å². The number of rotatable bonds is 3. The third kappa shape index (κ3) is 3.03. The van der Waals surface area contributed by atoms with Crippen molar-refractivity contribution in [1.82, 2.24) is 9.97 Å². The largest absolute Gasteiger partial charge is 0.437 e. The summed E-state index contributed by atoms with van der Waals surface area (Å²) in [4.78, 5) is 8.59. The summed E-state index contributed by atoms with van der Waals surface area (Å²) in [6.45, 7) is 0. The first kappa shape index (κ1) is 12.8. The van der Waals surface area contributed by atoms with Crippen LogP contribution in [0.25, 0.3) is 23.3 Å². The molecule has 0 aliphatic heterocycles. The Bertz CT molecular complexity index is 776. The summed E-state index contributed by atoms with van der Waals surface area (Å²) in [5, 5.41) is 0. The fraction of sp³-hybridized carbons (Fsp3) is 0. The molecular formula is C16H11BrN2O. The summed E-state index contributed by atoms with van der Waals surface area (Å²) < 4.78 is 6.60. The van der Waals surface area contributed by atoms with Crippen molar-refractivity contribution in [1.29, 1.82) is 0 Å². The minimum Gasteiger partial charge on any atom is -0.437 e. The van der Waals surface area contributed by atoms with Crippen LogP contribution in [0.2, 0.25) is 0 Å². The smallest absolute Gasteiger partial charge is 0.219 e. The molecule has 4 heteroatoms. The van der Waals surface area contributed by atoms with Crippen LogP contribution in [0.5, 0.6) is 0 Å². The predicted molar refractivity (Wildman–Crippen MR) is 84.0 cm³/mol. The van der Waals surface area contributed by atoms with Crippen molar-refractivity contribution in [2.75, 3.05) is 0 Å². The third-order valence-electron chi connectivity index (χ3n) is 2.67. The molecule has 2 aromatic heterocycles. The van der Waals surface area contributed by atoms with Crippen molar-refractivity contribution < 1.29 is 4.42 Å². The fourth-order valence-corrected chi connectivity index (χ4v) is 2.11. The minimum absolute atomic E-state index is 0.587. The van der Waals surface area contributed by atoms with Gasteiger partial charge in [0.2, 0.25) is 5.89 Å². The number of pyridine rings is 1. The highest BCUT2D eigenvalue weighted by Gasteiger charge is 2.02. The molecule has 0 aliphatic rings. The van der Waals surface area contributed by atoms with Gasteiger partial charge in [0.15, 0.2) is 5.58 Å². The van der Waals surface area contributed by atoms with Crippen molar-refractivity contribution in [3.05, 3.63) is 70.8 Å². The summed E-state index contributed by atoms with van der Waals surface area (Å²) in [5.41, 5.74) is 2.54. The molecule has 3 aromatic rings. The van der Waals surface area contributed by atoms with Gasteiger partial charge in [-0.1, -0.05) is 34.1 Å². The molecule has 0 saturated carbocycles. The van der Waals surface area contributed by atoms with Crippen molar-refractivity contribution >= 4 is 39.2 Å². The Labute approximate surface area is 124 Å². The van der Waals surface area contributed by atoms with E-state index >= 15 is 0 Å². The summed E-state index contributed by atoms with van der Waals surface area (Å²) in [5.74, 6) is 0.587. The number of oxazole rings is 1. The molecular weight excluding hydrogens is 316 g/mol. The van der Waals surface area contributed by atoms with Crippen LogP contribution in [-0.4, -0.2) is 9.97 Å². The second-order valence-corrected chi connectivity index (χ2v) is 5.05. The summed E-state index contributed by atoms with van der Waals surface area (Å²) in [7, 11) is 0. The molecule has 0 saturated heterocycles. The molecule has 2 heterocycles. The van der Waals surface area contributed by atoms with E-state index in [4.69, 9.17) is 4.42 Å². The Morgan fingerprint density at radius 2 is 1.95 bits per heavy atom. The van der Waals surface area contributed by atoms with Crippen LogP contribution in [0.15, 0.2) is 63.6 Å². The first-order chi connectivity index (χ1) is 9.81. The zero-order valence-corrected chi connectivity index (χ0v) is 12.1. The van der Waals surface area contributed by atoms with Gasteiger partial charge in [0.05, 0.1) is 5.69 Å². The van der Waals surface area contributed by atoms with Crippen LogP contribution in [0.1, 0.15) is 11.6 Å². The topological polar surface area (TPSA) is 38.9 Å². The van der Waals surface area contributed by atoms with Crippen molar-refractivity contribution in [2.45, 2.75) is 0 Å². The van der Waals surface area contributed by atoms with Gasteiger partial charge < -0.3 is 4.42 Å². The monoisotopic (exact) mass is 326 g/mol. The summed E-state index contributed by atoms with van der Waals surface area (Å²) in [6.07, 6.45) is 9.31. The molecule has 0 spiro atoms. The van der Waals surface area contributed by atoms with E-state index in [0.717, 1.165) is 21.3 Å². The van der Waals surface area contributed by atoms with Crippen molar-refractivity contribution in [3.63, 3.8) is 0 Å². The number of allylic oxidation sites excluding steroid dienone is 2.